The fourth-order valence-corrected chi connectivity index (χ4v) is 1.21. The van der Waals surface area contributed by atoms with Gasteiger partial charge < -0.3 is 14.8 Å². The maximum absolute atomic E-state index is 11.4. The molecule has 0 aliphatic carbocycles. The van der Waals surface area contributed by atoms with Gasteiger partial charge in [0.25, 0.3) is 5.91 Å². The molecule has 0 unspecified atom stereocenters. The van der Waals surface area contributed by atoms with Crippen LogP contribution in [0.2, 0.25) is 0 Å². The molecule has 0 aliphatic heterocycles. The van der Waals surface area contributed by atoms with E-state index in [4.69, 9.17) is 9.47 Å². The van der Waals surface area contributed by atoms with E-state index in [1.807, 2.05) is 19.1 Å². The topological polar surface area (TPSA) is 64.6 Å². The van der Waals surface area contributed by atoms with Gasteiger partial charge in [0, 0.05) is 12.3 Å². The van der Waals surface area contributed by atoms with Crippen LogP contribution in [0, 0.1) is 6.92 Å². The Morgan fingerprint density at radius 3 is 2.44 bits per heavy atom. The van der Waals surface area contributed by atoms with E-state index in [2.05, 4.69) is 5.32 Å². The second-order valence-corrected chi connectivity index (χ2v) is 3.71. The lowest BCUT2D eigenvalue weighted by Crippen LogP contribution is -2.22. The van der Waals surface area contributed by atoms with Crippen molar-refractivity contribution < 1.29 is 19.1 Å². The van der Waals surface area contributed by atoms with Gasteiger partial charge in [0.15, 0.2) is 6.61 Å². The van der Waals surface area contributed by atoms with Gasteiger partial charge in [-0.3, -0.25) is 4.79 Å². The SMILES string of the molecule is CCOCC(=O)OCC(=O)Nc1ccc(C)cc1. The van der Waals surface area contributed by atoms with Crippen LogP contribution in [0.1, 0.15) is 12.5 Å². The standard InChI is InChI=1S/C13H17NO4/c1-3-17-9-13(16)18-8-12(15)14-11-6-4-10(2)5-7-11/h4-7H,3,8-9H2,1-2H3,(H,14,15). The van der Waals surface area contributed by atoms with E-state index >= 15 is 0 Å². The van der Waals surface area contributed by atoms with Crippen molar-refractivity contribution in [3.63, 3.8) is 0 Å². The van der Waals surface area contributed by atoms with E-state index in [1.165, 1.54) is 0 Å². The van der Waals surface area contributed by atoms with Crippen LogP contribution in [0.15, 0.2) is 24.3 Å². The molecule has 0 aromatic heterocycles. The first-order valence-corrected chi connectivity index (χ1v) is 5.71. The molecule has 1 N–H and O–H groups in total. The van der Waals surface area contributed by atoms with Gasteiger partial charge in [0.2, 0.25) is 0 Å². The first-order valence-electron chi connectivity index (χ1n) is 5.71. The van der Waals surface area contributed by atoms with Crippen LogP contribution >= 0.6 is 0 Å². The highest BCUT2D eigenvalue weighted by molar-refractivity contribution is 5.92. The Morgan fingerprint density at radius 1 is 1.17 bits per heavy atom. The third-order valence-corrected chi connectivity index (χ3v) is 2.12. The van der Waals surface area contributed by atoms with E-state index in [0.29, 0.717) is 12.3 Å². The summed E-state index contributed by atoms with van der Waals surface area (Å²) in [5.41, 5.74) is 1.78. The molecule has 18 heavy (non-hydrogen) atoms. The molecule has 0 atom stereocenters. The van der Waals surface area contributed by atoms with Crippen molar-refractivity contribution in [3.05, 3.63) is 29.8 Å². The highest BCUT2D eigenvalue weighted by atomic mass is 16.6. The molecule has 0 fully saturated rings. The predicted octanol–water partition coefficient (Wildman–Crippen LogP) is 1.51. The number of benzene rings is 1. The minimum absolute atomic E-state index is 0.131. The Kier molecular flexibility index (Phi) is 5.87. The predicted molar refractivity (Wildman–Crippen MR) is 67.3 cm³/mol. The molecule has 1 aromatic rings. The largest absolute Gasteiger partial charge is 0.454 e. The van der Waals surface area contributed by atoms with E-state index in [1.54, 1.807) is 19.1 Å². The van der Waals surface area contributed by atoms with E-state index in [-0.39, 0.29) is 19.1 Å². The van der Waals surface area contributed by atoms with Crippen molar-refractivity contribution >= 4 is 17.6 Å². The quantitative estimate of drug-likeness (QED) is 0.778. The molecule has 1 rings (SSSR count). The Balaban J connectivity index is 2.29. The maximum Gasteiger partial charge on any atom is 0.332 e. The normalized spacial score (nSPS) is 9.89. The average molecular weight is 251 g/mol. The van der Waals surface area contributed by atoms with Crippen LogP contribution in [0.5, 0.6) is 0 Å². The summed E-state index contributed by atoms with van der Waals surface area (Å²) in [5.74, 6) is -0.917. The van der Waals surface area contributed by atoms with Gasteiger partial charge in [-0.05, 0) is 26.0 Å². The Morgan fingerprint density at radius 2 is 1.83 bits per heavy atom. The van der Waals surface area contributed by atoms with Gasteiger partial charge in [0.05, 0.1) is 0 Å². The molecule has 5 nitrogen and oxygen atoms in total. The summed E-state index contributed by atoms with van der Waals surface area (Å²) in [4.78, 5) is 22.5. The summed E-state index contributed by atoms with van der Waals surface area (Å²) in [6.45, 7) is 3.73. The lowest BCUT2D eigenvalue weighted by atomic mass is 10.2. The summed E-state index contributed by atoms with van der Waals surface area (Å²) >= 11 is 0. The number of nitrogens with one attached hydrogen (secondary N) is 1. The number of anilines is 1. The molecule has 0 saturated heterocycles. The van der Waals surface area contributed by atoms with Gasteiger partial charge >= 0.3 is 5.97 Å². The van der Waals surface area contributed by atoms with Crippen molar-refractivity contribution in [2.75, 3.05) is 25.1 Å². The molecule has 1 amide bonds. The molecular weight excluding hydrogens is 234 g/mol. The Hall–Kier alpha value is -1.88. The summed E-state index contributed by atoms with van der Waals surface area (Å²) in [5, 5.41) is 2.62. The second kappa shape index (κ2) is 7.45. The van der Waals surface area contributed by atoms with Crippen LogP contribution in [-0.2, 0) is 19.1 Å². The molecule has 0 aliphatic rings. The van der Waals surface area contributed by atoms with Gasteiger partial charge in [-0.15, -0.1) is 0 Å². The van der Waals surface area contributed by atoms with Crippen molar-refractivity contribution in [2.24, 2.45) is 0 Å². The Bertz CT molecular complexity index is 400. The van der Waals surface area contributed by atoms with E-state index in [9.17, 15) is 9.59 Å². The molecule has 5 heteroatoms. The molecule has 0 bridgehead atoms. The number of hydrogen-bond acceptors (Lipinski definition) is 4. The van der Waals surface area contributed by atoms with Crippen molar-refractivity contribution in [1.82, 2.24) is 0 Å². The molecule has 0 radical (unpaired) electrons. The minimum Gasteiger partial charge on any atom is -0.454 e. The number of amides is 1. The zero-order valence-electron chi connectivity index (χ0n) is 10.6. The third kappa shape index (κ3) is 5.45. The van der Waals surface area contributed by atoms with Gasteiger partial charge in [-0.1, -0.05) is 17.7 Å². The fraction of sp³-hybridized carbons (Fsp3) is 0.385. The zero-order chi connectivity index (χ0) is 13.4. The number of ether oxygens (including phenoxy) is 2. The maximum atomic E-state index is 11.4. The summed E-state index contributed by atoms with van der Waals surface area (Å²) in [7, 11) is 0. The molecular formula is C13H17NO4. The number of esters is 1. The van der Waals surface area contributed by atoms with Crippen LogP contribution in [0.4, 0.5) is 5.69 Å². The lowest BCUT2D eigenvalue weighted by Gasteiger charge is -2.06. The number of aryl methyl sites for hydroxylation is 1. The monoisotopic (exact) mass is 251 g/mol. The highest BCUT2D eigenvalue weighted by Gasteiger charge is 2.07. The van der Waals surface area contributed by atoms with Crippen molar-refractivity contribution in [3.8, 4) is 0 Å². The summed E-state index contributed by atoms with van der Waals surface area (Å²) < 4.78 is 9.58. The third-order valence-electron chi connectivity index (χ3n) is 2.12. The molecule has 0 heterocycles. The zero-order valence-corrected chi connectivity index (χ0v) is 10.6. The first-order chi connectivity index (χ1) is 8.61. The van der Waals surface area contributed by atoms with E-state index < -0.39 is 5.97 Å². The summed E-state index contributed by atoms with van der Waals surface area (Å²) in [6.07, 6.45) is 0. The minimum atomic E-state index is -0.545. The first kappa shape index (κ1) is 14.2. The summed E-state index contributed by atoms with van der Waals surface area (Å²) in [6, 6.07) is 7.35. The number of hydrogen-bond donors (Lipinski definition) is 1. The van der Waals surface area contributed by atoms with E-state index in [0.717, 1.165) is 5.56 Å². The smallest absolute Gasteiger partial charge is 0.332 e. The number of carbonyl (C=O) groups is 2. The molecule has 98 valence electrons. The van der Waals surface area contributed by atoms with Crippen molar-refractivity contribution in [1.29, 1.82) is 0 Å². The average Bonchev–Trinajstić information content (AvgIpc) is 2.36. The van der Waals surface area contributed by atoms with Crippen LogP contribution in [0.25, 0.3) is 0 Å². The van der Waals surface area contributed by atoms with Gasteiger partial charge in [-0.25, -0.2) is 4.79 Å². The fourth-order valence-electron chi connectivity index (χ4n) is 1.21. The second-order valence-electron chi connectivity index (χ2n) is 3.71. The number of rotatable bonds is 6. The molecule has 1 aromatic carbocycles. The lowest BCUT2D eigenvalue weighted by molar-refractivity contribution is -0.151. The van der Waals surface area contributed by atoms with Crippen LogP contribution in [-0.4, -0.2) is 31.7 Å². The Labute approximate surface area is 106 Å². The van der Waals surface area contributed by atoms with Gasteiger partial charge in [-0.2, -0.15) is 0 Å². The van der Waals surface area contributed by atoms with Crippen LogP contribution < -0.4 is 5.32 Å². The highest BCUT2D eigenvalue weighted by Crippen LogP contribution is 2.08. The van der Waals surface area contributed by atoms with Crippen molar-refractivity contribution in [2.45, 2.75) is 13.8 Å². The number of carbonyl (C=O) groups excluding carboxylic acids is 2. The van der Waals surface area contributed by atoms with Gasteiger partial charge in [0.1, 0.15) is 6.61 Å². The molecule has 0 saturated carbocycles. The van der Waals surface area contributed by atoms with Crippen LogP contribution in [0.3, 0.4) is 0 Å². The molecule has 0 spiro atoms.